The molecule has 1 aliphatic heterocycles. The van der Waals surface area contributed by atoms with E-state index in [9.17, 15) is 9.59 Å². The molecule has 2 N–H and O–H groups in total. The molecule has 2 aliphatic rings. The van der Waals surface area contributed by atoms with E-state index < -0.39 is 5.97 Å². The topological polar surface area (TPSA) is 75.6 Å². The Labute approximate surface area is 129 Å². The number of ether oxygens (including phenoxy) is 1. The van der Waals surface area contributed by atoms with Gasteiger partial charge in [-0.3, -0.25) is 9.59 Å². The lowest BCUT2D eigenvalue weighted by Crippen LogP contribution is -2.36. The molecule has 1 saturated carbocycles. The molecule has 0 aromatic heterocycles. The van der Waals surface area contributed by atoms with Crippen LogP contribution in [0.3, 0.4) is 0 Å². The maximum Gasteiger partial charge on any atom is 0.303 e. The highest BCUT2D eigenvalue weighted by Crippen LogP contribution is 2.60. The molecule has 1 spiro atoms. The highest BCUT2D eigenvalue weighted by Gasteiger charge is 2.60. The van der Waals surface area contributed by atoms with Crippen LogP contribution in [0.25, 0.3) is 0 Å². The number of fused-ring (bicyclic) bond motifs is 2. The normalized spacial score (nSPS) is 26.7. The van der Waals surface area contributed by atoms with Crippen molar-refractivity contribution in [1.82, 2.24) is 5.32 Å². The molecule has 5 nitrogen and oxygen atoms in total. The molecule has 5 heteroatoms. The van der Waals surface area contributed by atoms with Crippen LogP contribution in [0.1, 0.15) is 38.2 Å². The molecule has 1 aliphatic carbocycles. The average molecular weight is 303 g/mol. The summed E-state index contributed by atoms with van der Waals surface area (Å²) in [6, 6.07) is 7.83. The Morgan fingerprint density at radius 1 is 1.45 bits per heavy atom. The smallest absolute Gasteiger partial charge is 0.303 e. The van der Waals surface area contributed by atoms with Gasteiger partial charge in [0.2, 0.25) is 5.91 Å². The number of rotatable bonds is 5. The summed E-state index contributed by atoms with van der Waals surface area (Å²) in [7, 11) is 0. The number of carbonyl (C=O) groups is 2. The molecule has 1 unspecified atom stereocenters. The van der Waals surface area contributed by atoms with E-state index in [2.05, 4.69) is 11.4 Å². The van der Waals surface area contributed by atoms with Gasteiger partial charge in [0.15, 0.2) is 0 Å². The molecule has 118 valence electrons. The van der Waals surface area contributed by atoms with E-state index in [-0.39, 0.29) is 29.7 Å². The number of nitrogens with one attached hydrogen (secondary N) is 1. The third kappa shape index (κ3) is 2.67. The van der Waals surface area contributed by atoms with Crippen molar-refractivity contribution in [3.8, 4) is 5.75 Å². The van der Waals surface area contributed by atoms with E-state index in [1.165, 1.54) is 0 Å². The largest absolute Gasteiger partial charge is 0.493 e. The van der Waals surface area contributed by atoms with Gasteiger partial charge in [0.25, 0.3) is 0 Å². The highest BCUT2D eigenvalue weighted by atomic mass is 16.5. The molecule has 0 saturated heterocycles. The van der Waals surface area contributed by atoms with Crippen LogP contribution in [0.4, 0.5) is 0 Å². The van der Waals surface area contributed by atoms with E-state index in [0.29, 0.717) is 13.0 Å². The number of para-hydroxylation sites is 1. The second-order valence-corrected chi connectivity index (χ2v) is 6.35. The molecule has 1 amide bonds. The van der Waals surface area contributed by atoms with Crippen LogP contribution in [0.2, 0.25) is 0 Å². The van der Waals surface area contributed by atoms with Crippen LogP contribution in [0.15, 0.2) is 24.3 Å². The van der Waals surface area contributed by atoms with Crippen LogP contribution >= 0.6 is 0 Å². The fraction of sp³-hybridized carbons (Fsp3) is 0.529. The second-order valence-electron chi connectivity index (χ2n) is 6.35. The van der Waals surface area contributed by atoms with Gasteiger partial charge in [0.05, 0.1) is 6.61 Å². The number of carboxylic acids is 1. The van der Waals surface area contributed by atoms with Crippen LogP contribution in [0, 0.1) is 5.92 Å². The fourth-order valence-corrected chi connectivity index (χ4v) is 3.46. The minimum Gasteiger partial charge on any atom is -0.493 e. The van der Waals surface area contributed by atoms with Gasteiger partial charge in [-0.15, -0.1) is 0 Å². The molecular weight excluding hydrogens is 282 g/mol. The van der Waals surface area contributed by atoms with Gasteiger partial charge in [-0.1, -0.05) is 18.2 Å². The monoisotopic (exact) mass is 303 g/mol. The minimum atomic E-state index is -0.831. The van der Waals surface area contributed by atoms with Crippen molar-refractivity contribution in [3.63, 3.8) is 0 Å². The Bertz CT molecular complexity index is 600. The van der Waals surface area contributed by atoms with E-state index in [1.54, 1.807) is 0 Å². The SMILES string of the molecule is CC(CCC(=O)O)NC(=O)[C@@H]1C[C@]12CCOc1ccccc12. The lowest BCUT2D eigenvalue weighted by molar-refractivity contribution is -0.137. The summed E-state index contributed by atoms with van der Waals surface area (Å²) in [6.07, 6.45) is 2.25. The van der Waals surface area contributed by atoms with Crippen LogP contribution in [-0.4, -0.2) is 29.6 Å². The lowest BCUT2D eigenvalue weighted by atomic mass is 9.87. The van der Waals surface area contributed by atoms with Gasteiger partial charge in [-0.05, 0) is 32.3 Å². The summed E-state index contributed by atoms with van der Waals surface area (Å²) in [5.74, 6) is 0.0738. The molecule has 1 fully saturated rings. The second kappa shape index (κ2) is 5.63. The number of aliphatic carboxylic acids is 1. The Hall–Kier alpha value is -2.04. The molecule has 3 rings (SSSR count). The average Bonchev–Trinajstić information content (AvgIpc) is 3.21. The van der Waals surface area contributed by atoms with Crippen molar-refractivity contribution < 1.29 is 19.4 Å². The Morgan fingerprint density at radius 2 is 2.23 bits per heavy atom. The zero-order valence-electron chi connectivity index (χ0n) is 12.7. The quantitative estimate of drug-likeness (QED) is 0.873. The summed E-state index contributed by atoms with van der Waals surface area (Å²) in [6.45, 7) is 2.50. The van der Waals surface area contributed by atoms with Gasteiger partial charge in [-0.2, -0.15) is 0 Å². The zero-order valence-corrected chi connectivity index (χ0v) is 12.7. The number of hydrogen-bond acceptors (Lipinski definition) is 3. The molecule has 0 bridgehead atoms. The molecular formula is C17H21NO4. The molecule has 1 aromatic carbocycles. The van der Waals surface area contributed by atoms with Gasteiger partial charge < -0.3 is 15.2 Å². The third-order valence-electron chi connectivity index (χ3n) is 4.80. The first-order valence-electron chi connectivity index (χ1n) is 7.77. The van der Waals surface area contributed by atoms with E-state index >= 15 is 0 Å². The molecule has 22 heavy (non-hydrogen) atoms. The van der Waals surface area contributed by atoms with Crippen molar-refractivity contribution in [2.45, 2.75) is 44.1 Å². The fourth-order valence-electron chi connectivity index (χ4n) is 3.46. The zero-order chi connectivity index (χ0) is 15.7. The first kappa shape index (κ1) is 14.9. The molecule has 1 aromatic rings. The Kier molecular flexibility index (Phi) is 3.81. The summed E-state index contributed by atoms with van der Waals surface area (Å²) >= 11 is 0. The summed E-state index contributed by atoms with van der Waals surface area (Å²) in [4.78, 5) is 23.0. The standard InChI is InChI=1S/C17H21NO4/c1-11(6-7-15(19)20)18-16(21)13-10-17(13)8-9-22-14-5-3-2-4-12(14)17/h2-5,11,13H,6-10H2,1H3,(H,18,21)(H,19,20)/t11?,13-,17-/m0/s1. The highest BCUT2D eigenvalue weighted by molar-refractivity contribution is 5.85. The van der Waals surface area contributed by atoms with Crippen molar-refractivity contribution in [3.05, 3.63) is 29.8 Å². The van der Waals surface area contributed by atoms with E-state index in [0.717, 1.165) is 24.2 Å². The number of carbonyl (C=O) groups excluding carboxylic acids is 1. The summed E-state index contributed by atoms with van der Waals surface area (Å²) in [5, 5.41) is 11.7. The van der Waals surface area contributed by atoms with Crippen LogP contribution in [0.5, 0.6) is 5.75 Å². The number of hydrogen-bond donors (Lipinski definition) is 2. The van der Waals surface area contributed by atoms with E-state index in [1.807, 2.05) is 25.1 Å². The molecule has 3 atom stereocenters. The third-order valence-corrected chi connectivity index (χ3v) is 4.80. The van der Waals surface area contributed by atoms with Crippen molar-refractivity contribution in [1.29, 1.82) is 0 Å². The predicted octanol–water partition coefficient (Wildman–Crippen LogP) is 2.10. The maximum atomic E-state index is 12.4. The van der Waals surface area contributed by atoms with Gasteiger partial charge in [0.1, 0.15) is 5.75 Å². The minimum absolute atomic E-state index is 0.0233. The molecule has 0 radical (unpaired) electrons. The van der Waals surface area contributed by atoms with Crippen LogP contribution < -0.4 is 10.1 Å². The van der Waals surface area contributed by atoms with Crippen LogP contribution in [-0.2, 0) is 15.0 Å². The number of carboxylic acid groups (broad SMARTS) is 1. The number of benzene rings is 1. The lowest BCUT2D eigenvalue weighted by Gasteiger charge is -2.27. The van der Waals surface area contributed by atoms with Gasteiger partial charge in [0, 0.05) is 29.4 Å². The van der Waals surface area contributed by atoms with E-state index in [4.69, 9.17) is 9.84 Å². The van der Waals surface area contributed by atoms with Crippen molar-refractivity contribution in [2.75, 3.05) is 6.61 Å². The first-order chi connectivity index (χ1) is 10.5. The summed E-state index contributed by atoms with van der Waals surface area (Å²) < 4.78 is 5.68. The van der Waals surface area contributed by atoms with Crippen molar-refractivity contribution in [2.24, 2.45) is 5.92 Å². The predicted molar refractivity (Wildman–Crippen MR) is 80.8 cm³/mol. The molecule has 1 heterocycles. The van der Waals surface area contributed by atoms with Crippen molar-refractivity contribution >= 4 is 11.9 Å². The maximum absolute atomic E-state index is 12.4. The number of amides is 1. The first-order valence-corrected chi connectivity index (χ1v) is 7.77. The van der Waals surface area contributed by atoms with Gasteiger partial charge >= 0.3 is 5.97 Å². The summed E-state index contributed by atoms with van der Waals surface area (Å²) in [5.41, 5.74) is 1.06. The Balaban J connectivity index is 1.64. The Morgan fingerprint density at radius 3 is 3.00 bits per heavy atom. The van der Waals surface area contributed by atoms with Gasteiger partial charge in [-0.25, -0.2) is 0 Å².